The number of halogens is 1. The average Bonchev–Trinajstić information content (AvgIpc) is 3.20. The van der Waals surface area contributed by atoms with Crippen LogP contribution in [0.1, 0.15) is 35.1 Å². The van der Waals surface area contributed by atoms with Crippen molar-refractivity contribution in [1.29, 1.82) is 0 Å². The number of H-pyrrole nitrogens is 1. The molecule has 23 heavy (non-hydrogen) atoms. The van der Waals surface area contributed by atoms with Crippen molar-refractivity contribution in [2.45, 2.75) is 18.8 Å². The number of amides is 1. The van der Waals surface area contributed by atoms with Crippen LogP contribution in [-0.2, 0) is 0 Å². The highest BCUT2D eigenvalue weighted by Crippen LogP contribution is 2.28. The maximum Gasteiger partial charge on any atom is 0.289 e. The average molecular weight is 374 g/mol. The quantitative estimate of drug-likeness (QED) is 0.739. The minimum absolute atomic E-state index is 0.0588. The van der Waals surface area contributed by atoms with Crippen LogP contribution in [0.25, 0.3) is 11.0 Å². The van der Waals surface area contributed by atoms with E-state index in [1.807, 2.05) is 29.2 Å². The van der Waals surface area contributed by atoms with Crippen LogP contribution in [0.15, 0.2) is 45.5 Å². The molecule has 3 aromatic rings. The van der Waals surface area contributed by atoms with Gasteiger partial charge in [0.1, 0.15) is 5.82 Å². The highest BCUT2D eigenvalue weighted by molar-refractivity contribution is 9.10. The van der Waals surface area contributed by atoms with Crippen LogP contribution in [-0.4, -0.2) is 33.9 Å². The van der Waals surface area contributed by atoms with Crippen molar-refractivity contribution in [1.82, 2.24) is 14.9 Å². The number of hydrogen-bond donors (Lipinski definition) is 1. The number of carbonyl (C=O) groups excluding carboxylic acids is 1. The molecule has 1 aliphatic heterocycles. The van der Waals surface area contributed by atoms with Crippen molar-refractivity contribution in [3.63, 3.8) is 0 Å². The molecule has 6 heteroatoms. The maximum atomic E-state index is 12.5. The Morgan fingerprint density at radius 2 is 2.17 bits per heavy atom. The van der Waals surface area contributed by atoms with Gasteiger partial charge in [0.05, 0.1) is 11.0 Å². The molecule has 1 saturated heterocycles. The standard InChI is InChI=1S/C17H16BrN3O2/c18-15-8-7-14(23-15)17(22)21-9-3-4-11(10-21)16-19-12-5-1-2-6-13(12)20-16/h1-2,5-8,11H,3-4,9-10H2,(H,19,20). The first-order valence-electron chi connectivity index (χ1n) is 7.70. The summed E-state index contributed by atoms with van der Waals surface area (Å²) in [5, 5.41) is 0. The Kier molecular flexibility index (Phi) is 3.69. The number of hydrogen-bond acceptors (Lipinski definition) is 3. The van der Waals surface area contributed by atoms with Crippen LogP contribution in [0.2, 0.25) is 0 Å². The lowest BCUT2D eigenvalue weighted by Gasteiger charge is -2.31. The summed E-state index contributed by atoms with van der Waals surface area (Å²) in [4.78, 5) is 22.5. The van der Waals surface area contributed by atoms with Gasteiger partial charge in [0, 0.05) is 19.0 Å². The van der Waals surface area contributed by atoms with Crippen molar-refractivity contribution in [2.75, 3.05) is 13.1 Å². The van der Waals surface area contributed by atoms with Gasteiger partial charge in [0.25, 0.3) is 5.91 Å². The van der Waals surface area contributed by atoms with Gasteiger partial charge in [-0.3, -0.25) is 4.79 Å². The predicted molar refractivity (Wildman–Crippen MR) is 90.4 cm³/mol. The van der Waals surface area contributed by atoms with E-state index in [-0.39, 0.29) is 11.8 Å². The summed E-state index contributed by atoms with van der Waals surface area (Å²) < 4.78 is 5.97. The molecule has 5 nitrogen and oxygen atoms in total. The van der Waals surface area contributed by atoms with E-state index >= 15 is 0 Å². The van der Waals surface area contributed by atoms with Gasteiger partial charge >= 0.3 is 0 Å². The second kappa shape index (κ2) is 5.85. The second-order valence-electron chi connectivity index (χ2n) is 5.83. The monoisotopic (exact) mass is 373 g/mol. The lowest BCUT2D eigenvalue weighted by molar-refractivity contribution is 0.0671. The van der Waals surface area contributed by atoms with Crippen molar-refractivity contribution in [3.05, 3.63) is 52.7 Å². The molecule has 0 spiro atoms. The van der Waals surface area contributed by atoms with Crippen LogP contribution in [0.5, 0.6) is 0 Å². The fourth-order valence-corrected chi connectivity index (χ4v) is 3.44. The summed E-state index contributed by atoms with van der Waals surface area (Å²) in [5.74, 6) is 1.52. The molecule has 1 unspecified atom stereocenters. The van der Waals surface area contributed by atoms with Crippen molar-refractivity contribution < 1.29 is 9.21 Å². The Bertz CT molecular complexity index is 821. The van der Waals surface area contributed by atoms with Crippen LogP contribution in [0, 0.1) is 0 Å². The molecular formula is C17H16BrN3O2. The maximum absolute atomic E-state index is 12.5. The number of rotatable bonds is 2. The highest BCUT2D eigenvalue weighted by Gasteiger charge is 2.28. The fraction of sp³-hybridized carbons (Fsp3) is 0.294. The normalized spacial score (nSPS) is 18.5. The number of furan rings is 1. The summed E-state index contributed by atoms with van der Waals surface area (Å²) in [5.41, 5.74) is 2.02. The van der Waals surface area contributed by atoms with Gasteiger partial charge in [0.15, 0.2) is 10.4 Å². The number of para-hydroxylation sites is 2. The number of benzene rings is 1. The van der Waals surface area contributed by atoms with Crippen molar-refractivity contribution >= 4 is 32.9 Å². The van der Waals surface area contributed by atoms with Crippen molar-refractivity contribution in [2.24, 2.45) is 0 Å². The molecule has 0 aliphatic carbocycles. The lowest BCUT2D eigenvalue weighted by atomic mass is 9.97. The SMILES string of the molecule is O=C(c1ccc(Br)o1)N1CCCC(c2nc3ccccc3[nH]2)C1. The third-order valence-electron chi connectivity index (χ3n) is 4.29. The summed E-state index contributed by atoms with van der Waals surface area (Å²) in [7, 11) is 0. The Balaban J connectivity index is 1.55. The van der Waals surface area contributed by atoms with Crippen LogP contribution in [0.4, 0.5) is 0 Å². The summed E-state index contributed by atoms with van der Waals surface area (Å²) in [6.45, 7) is 1.42. The minimum Gasteiger partial charge on any atom is -0.444 e. The van der Waals surface area contributed by atoms with Gasteiger partial charge in [-0.1, -0.05) is 12.1 Å². The molecule has 3 heterocycles. The number of likely N-dealkylation sites (tertiary alicyclic amines) is 1. The molecule has 1 aromatic carbocycles. The number of piperidine rings is 1. The molecule has 4 rings (SSSR count). The molecule has 1 aliphatic rings. The molecule has 2 aromatic heterocycles. The summed E-state index contributed by atoms with van der Waals surface area (Å²) >= 11 is 3.24. The zero-order valence-corrected chi connectivity index (χ0v) is 14.0. The molecule has 118 valence electrons. The van der Waals surface area contributed by atoms with Crippen LogP contribution < -0.4 is 0 Å². The van der Waals surface area contributed by atoms with Gasteiger partial charge < -0.3 is 14.3 Å². The third-order valence-corrected chi connectivity index (χ3v) is 4.71. The predicted octanol–water partition coefficient (Wildman–Crippen LogP) is 3.94. The zero-order chi connectivity index (χ0) is 15.8. The first kappa shape index (κ1) is 14.5. The molecule has 1 atom stereocenters. The number of aromatic nitrogens is 2. The number of nitrogens with one attached hydrogen (secondary N) is 1. The molecule has 1 N–H and O–H groups in total. The van der Waals surface area contributed by atoms with Gasteiger partial charge in [-0.25, -0.2) is 4.98 Å². The van der Waals surface area contributed by atoms with E-state index in [1.54, 1.807) is 12.1 Å². The summed E-state index contributed by atoms with van der Waals surface area (Å²) in [6, 6.07) is 11.5. The Labute approximate surface area is 141 Å². The van der Waals surface area contributed by atoms with Crippen LogP contribution in [0.3, 0.4) is 0 Å². The lowest BCUT2D eigenvalue weighted by Crippen LogP contribution is -2.39. The zero-order valence-electron chi connectivity index (χ0n) is 12.5. The van der Waals surface area contributed by atoms with E-state index in [0.717, 1.165) is 36.2 Å². The van der Waals surface area contributed by atoms with E-state index in [4.69, 9.17) is 4.42 Å². The molecule has 1 amide bonds. The molecule has 1 fully saturated rings. The molecular weight excluding hydrogens is 358 g/mol. The number of fused-ring (bicyclic) bond motifs is 1. The van der Waals surface area contributed by atoms with Crippen molar-refractivity contribution in [3.8, 4) is 0 Å². The molecule has 0 saturated carbocycles. The molecule has 0 bridgehead atoms. The van der Waals surface area contributed by atoms with E-state index in [1.165, 1.54) is 0 Å². The fourth-order valence-electron chi connectivity index (χ4n) is 3.14. The first-order valence-corrected chi connectivity index (χ1v) is 8.49. The highest BCUT2D eigenvalue weighted by atomic mass is 79.9. The first-order chi connectivity index (χ1) is 11.2. The number of aromatic amines is 1. The van der Waals surface area contributed by atoms with Crippen LogP contribution >= 0.6 is 15.9 Å². The van der Waals surface area contributed by atoms with Gasteiger partial charge in [0.2, 0.25) is 0 Å². The second-order valence-corrected chi connectivity index (χ2v) is 6.61. The van der Waals surface area contributed by atoms with E-state index in [9.17, 15) is 4.79 Å². The molecule has 0 radical (unpaired) electrons. The van der Waals surface area contributed by atoms with Gasteiger partial charge in [-0.2, -0.15) is 0 Å². The Morgan fingerprint density at radius 1 is 1.30 bits per heavy atom. The minimum atomic E-state index is -0.0588. The third kappa shape index (κ3) is 2.79. The van der Waals surface area contributed by atoms with E-state index in [0.29, 0.717) is 17.0 Å². The summed E-state index contributed by atoms with van der Waals surface area (Å²) in [6.07, 6.45) is 2.00. The number of imidazole rings is 1. The van der Waals surface area contributed by atoms with Gasteiger partial charge in [-0.05, 0) is 53.0 Å². The smallest absolute Gasteiger partial charge is 0.289 e. The topological polar surface area (TPSA) is 62.1 Å². The van der Waals surface area contributed by atoms with E-state index < -0.39 is 0 Å². The van der Waals surface area contributed by atoms with E-state index in [2.05, 4.69) is 25.9 Å². The number of carbonyl (C=O) groups is 1. The Hall–Kier alpha value is -2.08. The largest absolute Gasteiger partial charge is 0.444 e. The van der Waals surface area contributed by atoms with Gasteiger partial charge in [-0.15, -0.1) is 0 Å². The number of nitrogens with zero attached hydrogens (tertiary/aromatic N) is 2. The Morgan fingerprint density at radius 3 is 2.96 bits per heavy atom.